The highest BCUT2D eigenvalue weighted by Crippen LogP contribution is 2.53. The monoisotopic (exact) mass is 609 g/mol. The summed E-state index contributed by atoms with van der Waals surface area (Å²) in [7, 11) is 0. The van der Waals surface area contributed by atoms with Crippen LogP contribution in [0.25, 0.3) is 0 Å². The Bertz CT molecular complexity index is 1720. The van der Waals surface area contributed by atoms with Crippen molar-refractivity contribution in [3.05, 3.63) is 109 Å². The Balaban J connectivity index is 1.39. The minimum absolute atomic E-state index is 0.263. The molecule has 1 fully saturated rings. The number of hydrogen-bond donors (Lipinski definition) is 1. The van der Waals surface area contributed by atoms with Gasteiger partial charge < -0.3 is 5.32 Å². The van der Waals surface area contributed by atoms with Gasteiger partial charge in [-0.2, -0.15) is 0 Å². The summed E-state index contributed by atoms with van der Waals surface area (Å²) in [6.07, 6.45) is 0. The Morgan fingerprint density at radius 3 is 2.35 bits per heavy atom. The van der Waals surface area contributed by atoms with Crippen LogP contribution in [0.4, 0.5) is 11.4 Å². The molecule has 3 atom stereocenters. The van der Waals surface area contributed by atoms with Crippen LogP contribution in [0.15, 0.2) is 82.6 Å². The molecule has 3 amide bonds. The van der Waals surface area contributed by atoms with Gasteiger partial charge in [0.25, 0.3) is 0 Å². The second-order valence-corrected chi connectivity index (χ2v) is 12.5. The Labute approximate surface area is 247 Å². The van der Waals surface area contributed by atoms with Crippen LogP contribution in [0.3, 0.4) is 0 Å². The number of amides is 3. The molecular weight excluding hydrogens is 589 g/mol. The summed E-state index contributed by atoms with van der Waals surface area (Å²) in [5.41, 5.74) is 2.81. The number of nitrogens with zero attached hydrogens (tertiary/aromatic N) is 2. The summed E-state index contributed by atoms with van der Waals surface area (Å²) in [4.78, 5) is 55.5. The lowest BCUT2D eigenvalue weighted by molar-refractivity contribution is -0.122. The van der Waals surface area contributed by atoms with Crippen LogP contribution >= 0.6 is 46.3 Å². The van der Waals surface area contributed by atoms with E-state index in [1.165, 1.54) is 27.3 Å². The summed E-state index contributed by atoms with van der Waals surface area (Å²) in [5, 5.41) is 3.18. The Hall–Kier alpha value is -3.37. The predicted molar refractivity (Wildman–Crippen MR) is 159 cm³/mol. The standard InChI is InChI=1S/C29H21Cl2N3O4S2/c1-15-7-10-18(11-8-15)34-26(36)23-22(16-5-3-2-4-6-16)25-28(39-24(23)27(34)37)33(29(38)40-25)14-21(35)32-17-9-12-19(30)20(31)13-17/h2-13,22-24H,14H2,1H3,(H,32,35)/t22-,23-,24+/m0/s1. The van der Waals surface area contributed by atoms with E-state index < -0.39 is 23.0 Å². The molecule has 0 spiro atoms. The molecule has 2 aliphatic rings. The second kappa shape index (κ2) is 10.6. The molecule has 202 valence electrons. The second-order valence-electron chi connectivity index (χ2n) is 9.60. The highest BCUT2D eigenvalue weighted by molar-refractivity contribution is 8.00. The molecule has 0 aliphatic carbocycles. The first-order valence-corrected chi connectivity index (χ1v) is 14.8. The number of aryl methyl sites for hydroxylation is 1. The van der Waals surface area contributed by atoms with Gasteiger partial charge >= 0.3 is 4.87 Å². The average molecular weight is 611 g/mol. The molecule has 6 rings (SSSR count). The van der Waals surface area contributed by atoms with Gasteiger partial charge in [-0.05, 0) is 42.8 Å². The fourth-order valence-electron chi connectivity index (χ4n) is 5.14. The van der Waals surface area contributed by atoms with Gasteiger partial charge in [0.05, 0.1) is 26.7 Å². The van der Waals surface area contributed by atoms with Gasteiger partial charge in [-0.15, -0.1) is 0 Å². The number of carbonyl (C=O) groups is 3. The molecule has 1 aromatic heterocycles. The number of thiazole rings is 1. The number of thioether (sulfide) groups is 1. The van der Waals surface area contributed by atoms with Crippen molar-refractivity contribution in [1.82, 2.24) is 4.57 Å². The first kappa shape index (κ1) is 26.8. The number of hydrogen-bond acceptors (Lipinski definition) is 6. The summed E-state index contributed by atoms with van der Waals surface area (Å²) >= 11 is 14.2. The summed E-state index contributed by atoms with van der Waals surface area (Å²) < 4.78 is 1.38. The van der Waals surface area contributed by atoms with Crippen LogP contribution in [0.5, 0.6) is 0 Å². The van der Waals surface area contributed by atoms with Crippen LogP contribution in [-0.4, -0.2) is 27.5 Å². The molecule has 2 aliphatic heterocycles. The maximum atomic E-state index is 13.9. The minimum atomic E-state index is -0.745. The number of halogens is 2. The first-order valence-electron chi connectivity index (χ1n) is 12.4. The topological polar surface area (TPSA) is 88.5 Å². The molecule has 7 nitrogen and oxygen atoms in total. The molecule has 4 aromatic rings. The number of benzene rings is 3. The van der Waals surface area contributed by atoms with Gasteiger partial charge in [0.1, 0.15) is 11.8 Å². The number of nitrogens with one attached hydrogen (secondary N) is 1. The van der Waals surface area contributed by atoms with E-state index in [1.807, 2.05) is 49.4 Å². The molecule has 11 heteroatoms. The van der Waals surface area contributed by atoms with Crippen LogP contribution in [0.1, 0.15) is 21.9 Å². The fourth-order valence-corrected chi connectivity index (χ4v) is 8.21. The van der Waals surface area contributed by atoms with Gasteiger partial charge in [-0.25, -0.2) is 4.90 Å². The normalized spacial score (nSPS) is 19.9. The largest absolute Gasteiger partial charge is 0.324 e. The Morgan fingerprint density at radius 2 is 1.65 bits per heavy atom. The van der Waals surface area contributed by atoms with Gasteiger partial charge in [0.15, 0.2) is 0 Å². The van der Waals surface area contributed by atoms with E-state index in [4.69, 9.17) is 23.2 Å². The summed E-state index contributed by atoms with van der Waals surface area (Å²) in [5.74, 6) is -2.26. The van der Waals surface area contributed by atoms with Crippen molar-refractivity contribution in [2.24, 2.45) is 5.92 Å². The molecule has 40 heavy (non-hydrogen) atoms. The summed E-state index contributed by atoms with van der Waals surface area (Å²) in [6.45, 7) is 1.67. The smallest absolute Gasteiger partial charge is 0.308 e. The Kier molecular flexibility index (Phi) is 7.08. The lowest BCUT2D eigenvalue weighted by Crippen LogP contribution is -2.33. The van der Waals surface area contributed by atoms with Crippen molar-refractivity contribution in [1.29, 1.82) is 0 Å². The quantitative estimate of drug-likeness (QED) is 0.282. The van der Waals surface area contributed by atoms with Crippen molar-refractivity contribution in [3.8, 4) is 0 Å². The molecule has 0 unspecified atom stereocenters. The molecule has 3 heterocycles. The number of imide groups is 1. The van der Waals surface area contributed by atoms with Crippen molar-refractivity contribution < 1.29 is 14.4 Å². The zero-order valence-electron chi connectivity index (χ0n) is 21.0. The number of aromatic nitrogens is 1. The van der Waals surface area contributed by atoms with Gasteiger partial charge in [0.2, 0.25) is 17.7 Å². The molecule has 0 bridgehead atoms. The zero-order chi connectivity index (χ0) is 28.1. The fraction of sp³-hybridized carbons (Fsp3) is 0.172. The van der Waals surface area contributed by atoms with E-state index in [-0.39, 0.29) is 23.2 Å². The van der Waals surface area contributed by atoms with Crippen LogP contribution < -0.4 is 15.1 Å². The summed E-state index contributed by atoms with van der Waals surface area (Å²) in [6, 6.07) is 21.4. The van der Waals surface area contributed by atoms with Crippen molar-refractivity contribution >= 4 is 75.4 Å². The first-order chi connectivity index (χ1) is 19.2. The van der Waals surface area contributed by atoms with E-state index in [2.05, 4.69) is 5.32 Å². The van der Waals surface area contributed by atoms with Gasteiger partial charge in [-0.1, -0.05) is 94.3 Å². The van der Waals surface area contributed by atoms with E-state index in [0.29, 0.717) is 31.3 Å². The van der Waals surface area contributed by atoms with Crippen LogP contribution in [0, 0.1) is 12.8 Å². The van der Waals surface area contributed by atoms with Crippen molar-refractivity contribution in [2.45, 2.75) is 29.7 Å². The number of anilines is 2. The molecule has 3 aromatic carbocycles. The molecule has 0 radical (unpaired) electrons. The van der Waals surface area contributed by atoms with E-state index in [0.717, 1.165) is 22.5 Å². The molecule has 0 saturated carbocycles. The third-order valence-corrected chi connectivity index (χ3v) is 10.3. The van der Waals surface area contributed by atoms with Crippen LogP contribution in [0.2, 0.25) is 10.0 Å². The lowest BCUT2D eigenvalue weighted by atomic mass is 9.83. The highest BCUT2D eigenvalue weighted by atomic mass is 35.5. The number of rotatable bonds is 5. The predicted octanol–water partition coefficient (Wildman–Crippen LogP) is 5.96. The number of fused-ring (bicyclic) bond motifs is 2. The van der Waals surface area contributed by atoms with Gasteiger partial charge in [-0.3, -0.25) is 23.7 Å². The maximum absolute atomic E-state index is 13.9. The third-order valence-electron chi connectivity index (χ3n) is 7.01. The maximum Gasteiger partial charge on any atom is 0.308 e. The molecular formula is C29H21Cl2N3O4S2. The third kappa shape index (κ3) is 4.66. The number of carbonyl (C=O) groups excluding carboxylic acids is 3. The molecule has 1 N–H and O–H groups in total. The molecule has 1 saturated heterocycles. The van der Waals surface area contributed by atoms with Gasteiger partial charge in [0, 0.05) is 16.5 Å². The zero-order valence-corrected chi connectivity index (χ0v) is 24.1. The van der Waals surface area contributed by atoms with E-state index in [9.17, 15) is 19.2 Å². The van der Waals surface area contributed by atoms with Crippen molar-refractivity contribution in [2.75, 3.05) is 10.2 Å². The average Bonchev–Trinajstić information content (AvgIpc) is 3.38. The van der Waals surface area contributed by atoms with E-state index in [1.54, 1.807) is 24.3 Å². The SMILES string of the molecule is Cc1ccc(N2C(=O)[C@H]3[C@H](c4ccccc4)c4sc(=O)n(CC(=O)Nc5ccc(Cl)c(Cl)c5)c4S[C@H]3C2=O)cc1. The Morgan fingerprint density at radius 1 is 0.925 bits per heavy atom. The highest BCUT2D eigenvalue weighted by Gasteiger charge is 2.56. The van der Waals surface area contributed by atoms with Crippen LogP contribution in [-0.2, 0) is 20.9 Å². The minimum Gasteiger partial charge on any atom is -0.324 e. The van der Waals surface area contributed by atoms with E-state index >= 15 is 0 Å². The van der Waals surface area contributed by atoms with Crippen molar-refractivity contribution in [3.63, 3.8) is 0 Å². The lowest BCUT2D eigenvalue weighted by Gasteiger charge is -2.30.